The molecule has 1 aromatic rings. The van der Waals surface area contributed by atoms with Gasteiger partial charge in [-0.1, -0.05) is 12.8 Å². The third kappa shape index (κ3) is 3.36. The van der Waals surface area contributed by atoms with Gasteiger partial charge in [0, 0.05) is 6.07 Å². The number of hydrogen-bond donors (Lipinski definition) is 2. The molecule has 104 valence electrons. The van der Waals surface area contributed by atoms with Crippen LogP contribution in [0.1, 0.15) is 54.6 Å². The Balaban J connectivity index is 2.14. The van der Waals surface area contributed by atoms with Crippen molar-refractivity contribution in [1.29, 1.82) is 0 Å². The van der Waals surface area contributed by atoms with E-state index in [0.717, 1.165) is 12.8 Å². The highest BCUT2D eigenvalue weighted by molar-refractivity contribution is 5.94. The summed E-state index contributed by atoms with van der Waals surface area (Å²) < 4.78 is 5.85. The molecule has 1 aromatic heterocycles. The van der Waals surface area contributed by atoms with Gasteiger partial charge in [-0.05, 0) is 32.6 Å². The van der Waals surface area contributed by atoms with Gasteiger partial charge in [-0.15, -0.1) is 0 Å². The Hall–Kier alpha value is -1.78. The molecule has 0 unspecified atom stereocenters. The van der Waals surface area contributed by atoms with Crippen molar-refractivity contribution in [2.24, 2.45) is 0 Å². The third-order valence-electron chi connectivity index (χ3n) is 3.51. The van der Waals surface area contributed by atoms with Crippen molar-refractivity contribution in [3.63, 3.8) is 0 Å². The summed E-state index contributed by atoms with van der Waals surface area (Å²) in [5.41, 5.74) is 6.43. The van der Waals surface area contributed by atoms with Crippen molar-refractivity contribution in [3.8, 4) is 5.88 Å². The van der Waals surface area contributed by atoms with Crippen LogP contribution in [0.3, 0.4) is 0 Å². The lowest BCUT2D eigenvalue weighted by molar-refractivity contribution is 0.0696. The fraction of sp³-hybridized carbons (Fsp3) is 0.571. The van der Waals surface area contributed by atoms with Crippen molar-refractivity contribution in [1.82, 2.24) is 4.98 Å². The van der Waals surface area contributed by atoms with Gasteiger partial charge in [-0.3, -0.25) is 0 Å². The highest BCUT2D eigenvalue weighted by Crippen LogP contribution is 2.25. The van der Waals surface area contributed by atoms with E-state index in [-0.39, 0.29) is 17.4 Å². The number of nitrogen functional groups attached to an aromatic ring is 1. The molecular formula is C14H20N2O3. The van der Waals surface area contributed by atoms with E-state index in [4.69, 9.17) is 15.6 Å². The van der Waals surface area contributed by atoms with Crippen molar-refractivity contribution in [2.75, 3.05) is 5.73 Å². The molecule has 0 bridgehead atoms. The second-order valence-corrected chi connectivity index (χ2v) is 5.05. The molecule has 2 rings (SSSR count). The monoisotopic (exact) mass is 264 g/mol. The normalized spacial score (nSPS) is 16.9. The second kappa shape index (κ2) is 5.91. The maximum Gasteiger partial charge on any atom is 0.339 e. The molecule has 0 spiro atoms. The van der Waals surface area contributed by atoms with Gasteiger partial charge in [-0.2, -0.15) is 0 Å². The van der Waals surface area contributed by atoms with Crippen LogP contribution in [0.15, 0.2) is 6.07 Å². The van der Waals surface area contributed by atoms with E-state index in [1.165, 1.54) is 31.7 Å². The number of pyridine rings is 1. The highest BCUT2D eigenvalue weighted by Gasteiger charge is 2.18. The summed E-state index contributed by atoms with van der Waals surface area (Å²) in [4.78, 5) is 15.2. The van der Waals surface area contributed by atoms with Crippen LogP contribution in [0.25, 0.3) is 0 Å². The van der Waals surface area contributed by atoms with Gasteiger partial charge in [0.2, 0.25) is 5.88 Å². The van der Waals surface area contributed by atoms with E-state index in [0.29, 0.717) is 11.6 Å². The third-order valence-corrected chi connectivity index (χ3v) is 3.51. The van der Waals surface area contributed by atoms with Crippen LogP contribution in [0, 0.1) is 6.92 Å². The fourth-order valence-corrected chi connectivity index (χ4v) is 2.54. The zero-order chi connectivity index (χ0) is 13.8. The number of carboxylic acid groups (broad SMARTS) is 1. The molecule has 5 heteroatoms. The number of aromatic carboxylic acids is 1. The average molecular weight is 264 g/mol. The molecule has 1 heterocycles. The van der Waals surface area contributed by atoms with Crippen molar-refractivity contribution in [2.45, 2.75) is 51.6 Å². The van der Waals surface area contributed by atoms with Crippen LogP contribution in [-0.2, 0) is 0 Å². The molecule has 0 amide bonds. The van der Waals surface area contributed by atoms with Crippen LogP contribution in [0.2, 0.25) is 0 Å². The first-order chi connectivity index (χ1) is 9.08. The van der Waals surface area contributed by atoms with E-state index < -0.39 is 5.97 Å². The van der Waals surface area contributed by atoms with Crippen LogP contribution < -0.4 is 10.5 Å². The lowest BCUT2D eigenvalue weighted by Crippen LogP contribution is -2.17. The molecule has 5 nitrogen and oxygen atoms in total. The summed E-state index contributed by atoms with van der Waals surface area (Å²) in [5.74, 6) is -0.615. The number of carboxylic acids is 1. The van der Waals surface area contributed by atoms with Gasteiger partial charge in [0.05, 0.1) is 11.4 Å². The fourth-order valence-electron chi connectivity index (χ4n) is 2.54. The molecule has 19 heavy (non-hydrogen) atoms. The molecular weight excluding hydrogens is 244 g/mol. The van der Waals surface area contributed by atoms with Gasteiger partial charge in [0.25, 0.3) is 0 Å². The molecule has 1 aliphatic rings. The summed E-state index contributed by atoms with van der Waals surface area (Å²) in [6.45, 7) is 1.64. The molecule has 1 saturated carbocycles. The Morgan fingerprint density at radius 1 is 1.37 bits per heavy atom. The van der Waals surface area contributed by atoms with Crippen LogP contribution in [0.4, 0.5) is 5.69 Å². The number of hydrogen-bond acceptors (Lipinski definition) is 4. The van der Waals surface area contributed by atoms with E-state index in [9.17, 15) is 4.79 Å². The van der Waals surface area contributed by atoms with Crippen molar-refractivity contribution >= 4 is 11.7 Å². The lowest BCUT2D eigenvalue weighted by Gasteiger charge is -2.17. The summed E-state index contributed by atoms with van der Waals surface area (Å²) in [6, 6.07) is 1.52. The first-order valence-electron chi connectivity index (χ1n) is 6.75. The SMILES string of the molecule is Cc1nc(OC2CCCCCC2)cc(N)c1C(=O)O. The Labute approximate surface area is 112 Å². The maximum atomic E-state index is 11.0. The van der Waals surface area contributed by atoms with Gasteiger partial charge < -0.3 is 15.6 Å². The molecule has 1 fully saturated rings. The molecule has 0 atom stereocenters. The second-order valence-electron chi connectivity index (χ2n) is 5.05. The Kier molecular flexibility index (Phi) is 4.24. The minimum atomic E-state index is -1.05. The van der Waals surface area contributed by atoms with Crippen molar-refractivity contribution in [3.05, 3.63) is 17.3 Å². The number of aryl methyl sites for hydroxylation is 1. The number of nitrogens with zero attached hydrogens (tertiary/aromatic N) is 1. The zero-order valence-electron chi connectivity index (χ0n) is 11.2. The van der Waals surface area contributed by atoms with Gasteiger partial charge in [-0.25, -0.2) is 9.78 Å². The molecule has 0 aromatic carbocycles. The van der Waals surface area contributed by atoms with E-state index in [1.54, 1.807) is 6.92 Å². The minimum Gasteiger partial charge on any atom is -0.478 e. The molecule has 0 saturated heterocycles. The number of nitrogens with two attached hydrogens (primary N) is 1. The van der Waals surface area contributed by atoms with E-state index >= 15 is 0 Å². The first-order valence-corrected chi connectivity index (χ1v) is 6.75. The lowest BCUT2D eigenvalue weighted by atomic mass is 10.1. The van der Waals surface area contributed by atoms with Crippen LogP contribution in [-0.4, -0.2) is 22.2 Å². The number of carbonyl (C=O) groups is 1. The Morgan fingerprint density at radius 2 is 2.00 bits per heavy atom. The standard InChI is InChI=1S/C14H20N2O3/c1-9-13(14(17)18)11(15)8-12(16-9)19-10-6-4-2-3-5-7-10/h8,10H,2-7H2,1H3,(H2,15,16)(H,17,18). The van der Waals surface area contributed by atoms with Crippen molar-refractivity contribution < 1.29 is 14.6 Å². The molecule has 1 aliphatic carbocycles. The highest BCUT2D eigenvalue weighted by atomic mass is 16.5. The maximum absolute atomic E-state index is 11.0. The van der Waals surface area contributed by atoms with Gasteiger partial charge in [0.1, 0.15) is 11.7 Å². The number of anilines is 1. The zero-order valence-corrected chi connectivity index (χ0v) is 11.2. The molecule has 0 aliphatic heterocycles. The predicted molar refractivity (Wildman–Crippen MR) is 72.5 cm³/mol. The summed E-state index contributed by atoms with van der Waals surface area (Å²) in [7, 11) is 0. The van der Waals surface area contributed by atoms with E-state index in [1.807, 2.05) is 0 Å². The van der Waals surface area contributed by atoms with Crippen LogP contribution in [0.5, 0.6) is 5.88 Å². The summed E-state index contributed by atoms with van der Waals surface area (Å²) in [5, 5.41) is 9.04. The van der Waals surface area contributed by atoms with Gasteiger partial charge in [0.15, 0.2) is 0 Å². The van der Waals surface area contributed by atoms with Crippen LogP contribution >= 0.6 is 0 Å². The number of aromatic nitrogens is 1. The quantitative estimate of drug-likeness (QED) is 0.820. The Bertz CT molecular complexity index is 443. The molecule has 0 radical (unpaired) electrons. The summed E-state index contributed by atoms with van der Waals surface area (Å²) in [6.07, 6.45) is 7.09. The Morgan fingerprint density at radius 3 is 2.53 bits per heavy atom. The average Bonchev–Trinajstić information content (AvgIpc) is 2.56. The number of ether oxygens (including phenoxy) is 1. The largest absolute Gasteiger partial charge is 0.478 e. The van der Waals surface area contributed by atoms with E-state index in [2.05, 4.69) is 4.98 Å². The van der Waals surface area contributed by atoms with Gasteiger partial charge >= 0.3 is 5.97 Å². The molecule has 3 N–H and O–H groups in total. The summed E-state index contributed by atoms with van der Waals surface area (Å²) >= 11 is 0. The first kappa shape index (κ1) is 13.6. The minimum absolute atomic E-state index is 0.0632. The topological polar surface area (TPSA) is 85.4 Å². The number of rotatable bonds is 3. The predicted octanol–water partition coefficient (Wildman–Crippen LogP) is 2.77. The smallest absolute Gasteiger partial charge is 0.339 e.